The van der Waals surface area contributed by atoms with Crippen molar-refractivity contribution in [2.45, 2.75) is 18.1 Å². The van der Waals surface area contributed by atoms with Crippen molar-refractivity contribution >= 4 is 10.0 Å². The normalized spacial score (nSPS) is 11.7. The zero-order chi connectivity index (χ0) is 14.6. The molecule has 0 aliphatic carbocycles. The minimum Gasteiger partial charge on any atom is -0.508 e. The standard InChI is InChI=1S/C13H16N2O4S/c14-9-12-5-6-13(19-12)20(17,18)15-8-7-10-1-3-11(16)4-2-10/h1-6,15-16H,7-9,14H2. The van der Waals surface area contributed by atoms with Gasteiger partial charge in [0.1, 0.15) is 11.5 Å². The summed E-state index contributed by atoms with van der Waals surface area (Å²) in [4.78, 5) is 0. The van der Waals surface area contributed by atoms with Crippen LogP contribution < -0.4 is 10.5 Å². The summed E-state index contributed by atoms with van der Waals surface area (Å²) in [7, 11) is -3.65. The highest BCUT2D eigenvalue weighted by atomic mass is 32.2. The average molecular weight is 296 g/mol. The van der Waals surface area contributed by atoms with Crippen LogP contribution in [0.3, 0.4) is 0 Å². The van der Waals surface area contributed by atoms with Gasteiger partial charge in [0.25, 0.3) is 10.0 Å². The second-order valence-corrected chi connectivity index (χ2v) is 5.94. The van der Waals surface area contributed by atoms with Gasteiger partial charge >= 0.3 is 0 Å². The molecule has 1 heterocycles. The van der Waals surface area contributed by atoms with Gasteiger partial charge in [-0.25, -0.2) is 13.1 Å². The van der Waals surface area contributed by atoms with Crippen molar-refractivity contribution in [2.24, 2.45) is 5.73 Å². The Labute approximate surface area is 117 Å². The molecule has 0 amide bonds. The van der Waals surface area contributed by atoms with Crippen LogP contribution in [-0.2, 0) is 23.0 Å². The van der Waals surface area contributed by atoms with Gasteiger partial charge in [-0.1, -0.05) is 12.1 Å². The molecule has 0 fully saturated rings. The lowest BCUT2D eigenvalue weighted by atomic mass is 10.1. The monoisotopic (exact) mass is 296 g/mol. The van der Waals surface area contributed by atoms with Crippen LogP contribution in [0, 0.1) is 0 Å². The summed E-state index contributed by atoms with van der Waals surface area (Å²) < 4.78 is 31.4. The van der Waals surface area contributed by atoms with E-state index in [-0.39, 0.29) is 23.9 Å². The van der Waals surface area contributed by atoms with E-state index in [2.05, 4.69) is 4.72 Å². The lowest BCUT2D eigenvalue weighted by molar-refractivity contribution is 0.413. The number of rotatable bonds is 6. The van der Waals surface area contributed by atoms with Crippen LogP contribution in [0.2, 0.25) is 0 Å². The SMILES string of the molecule is NCc1ccc(S(=O)(=O)NCCc2ccc(O)cc2)o1. The van der Waals surface area contributed by atoms with E-state index in [1.54, 1.807) is 24.3 Å². The van der Waals surface area contributed by atoms with E-state index in [9.17, 15) is 8.42 Å². The topological polar surface area (TPSA) is 106 Å². The first-order valence-corrected chi connectivity index (χ1v) is 7.56. The van der Waals surface area contributed by atoms with Crippen molar-refractivity contribution < 1.29 is 17.9 Å². The molecule has 0 aliphatic rings. The number of hydrogen-bond donors (Lipinski definition) is 3. The van der Waals surface area contributed by atoms with Crippen LogP contribution >= 0.6 is 0 Å². The molecule has 2 aromatic rings. The number of sulfonamides is 1. The Morgan fingerprint density at radius 1 is 1.15 bits per heavy atom. The number of benzene rings is 1. The van der Waals surface area contributed by atoms with E-state index < -0.39 is 10.0 Å². The highest BCUT2D eigenvalue weighted by Crippen LogP contribution is 2.13. The Hall–Kier alpha value is -1.83. The van der Waals surface area contributed by atoms with Crippen molar-refractivity contribution in [3.8, 4) is 5.75 Å². The smallest absolute Gasteiger partial charge is 0.273 e. The molecular formula is C13H16N2O4S. The lowest BCUT2D eigenvalue weighted by Crippen LogP contribution is -2.25. The van der Waals surface area contributed by atoms with Crippen molar-refractivity contribution in [2.75, 3.05) is 6.54 Å². The number of furan rings is 1. The van der Waals surface area contributed by atoms with Crippen molar-refractivity contribution in [1.82, 2.24) is 4.72 Å². The van der Waals surface area contributed by atoms with Crippen molar-refractivity contribution in [3.63, 3.8) is 0 Å². The third-order valence-corrected chi connectivity index (χ3v) is 4.08. The van der Waals surface area contributed by atoms with Gasteiger partial charge in [0.2, 0.25) is 5.09 Å². The van der Waals surface area contributed by atoms with E-state index in [0.717, 1.165) is 5.56 Å². The molecule has 2 rings (SSSR count). The third-order valence-electron chi connectivity index (χ3n) is 2.75. The fourth-order valence-corrected chi connectivity index (χ4v) is 2.65. The van der Waals surface area contributed by atoms with Crippen LogP contribution in [-0.4, -0.2) is 20.1 Å². The summed E-state index contributed by atoms with van der Waals surface area (Å²) in [5.41, 5.74) is 6.29. The molecule has 0 spiro atoms. The van der Waals surface area contributed by atoms with E-state index in [4.69, 9.17) is 15.3 Å². The first-order valence-electron chi connectivity index (χ1n) is 6.07. The van der Waals surface area contributed by atoms with Gasteiger partial charge < -0.3 is 15.3 Å². The molecule has 0 saturated carbocycles. The Morgan fingerprint density at radius 2 is 1.85 bits per heavy atom. The highest BCUT2D eigenvalue weighted by molar-refractivity contribution is 7.89. The molecule has 0 bridgehead atoms. The minimum atomic E-state index is -3.65. The molecule has 1 aromatic heterocycles. The van der Waals surface area contributed by atoms with Crippen LogP contribution in [0.4, 0.5) is 0 Å². The number of phenols is 1. The van der Waals surface area contributed by atoms with Gasteiger partial charge in [-0.3, -0.25) is 0 Å². The molecule has 0 aliphatic heterocycles. The predicted molar refractivity (Wildman–Crippen MR) is 73.6 cm³/mol. The Kier molecular flexibility index (Phi) is 4.43. The summed E-state index contributed by atoms with van der Waals surface area (Å²) in [5.74, 6) is 0.600. The van der Waals surface area contributed by atoms with Crippen LogP contribution in [0.1, 0.15) is 11.3 Å². The number of aromatic hydroxyl groups is 1. The van der Waals surface area contributed by atoms with E-state index in [0.29, 0.717) is 12.2 Å². The lowest BCUT2D eigenvalue weighted by Gasteiger charge is -2.04. The van der Waals surface area contributed by atoms with Crippen LogP contribution in [0.15, 0.2) is 45.9 Å². The number of nitrogens with two attached hydrogens (primary N) is 1. The van der Waals surface area contributed by atoms with Crippen molar-refractivity contribution in [1.29, 1.82) is 0 Å². The fourth-order valence-electron chi connectivity index (χ4n) is 1.68. The van der Waals surface area contributed by atoms with E-state index in [1.807, 2.05) is 0 Å². The van der Waals surface area contributed by atoms with Crippen molar-refractivity contribution in [3.05, 3.63) is 47.7 Å². The zero-order valence-electron chi connectivity index (χ0n) is 10.7. The molecule has 0 atom stereocenters. The largest absolute Gasteiger partial charge is 0.508 e. The molecule has 0 radical (unpaired) electrons. The first-order chi connectivity index (χ1) is 9.51. The maximum absolute atomic E-state index is 11.9. The highest BCUT2D eigenvalue weighted by Gasteiger charge is 2.17. The second kappa shape index (κ2) is 6.08. The molecule has 7 heteroatoms. The van der Waals surface area contributed by atoms with E-state index in [1.165, 1.54) is 12.1 Å². The minimum absolute atomic E-state index is 0.136. The summed E-state index contributed by atoms with van der Waals surface area (Å²) >= 11 is 0. The summed E-state index contributed by atoms with van der Waals surface area (Å²) in [6.07, 6.45) is 0.518. The Bertz CT molecular complexity index is 662. The molecular weight excluding hydrogens is 280 g/mol. The second-order valence-electron chi connectivity index (χ2n) is 4.24. The third kappa shape index (κ3) is 3.60. The summed E-state index contributed by atoms with van der Waals surface area (Å²) in [6.45, 7) is 0.398. The van der Waals surface area contributed by atoms with Crippen LogP contribution in [0.5, 0.6) is 5.75 Å². The van der Waals surface area contributed by atoms with E-state index >= 15 is 0 Å². The van der Waals surface area contributed by atoms with Gasteiger partial charge in [0.05, 0.1) is 6.54 Å². The molecule has 108 valence electrons. The van der Waals surface area contributed by atoms with Gasteiger partial charge in [-0.05, 0) is 36.2 Å². The number of phenolic OH excluding ortho intramolecular Hbond substituents is 1. The maximum atomic E-state index is 11.9. The van der Waals surface area contributed by atoms with Gasteiger partial charge in [-0.15, -0.1) is 0 Å². The zero-order valence-corrected chi connectivity index (χ0v) is 11.6. The Morgan fingerprint density at radius 3 is 2.45 bits per heavy atom. The predicted octanol–water partition coefficient (Wildman–Crippen LogP) is 0.965. The fraction of sp³-hybridized carbons (Fsp3) is 0.231. The molecule has 6 nitrogen and oxygen atoms in total. The van der Waals surface area contributed by atoms with Gasteiger partial charge in [-0.2, -0.15) is 0 Å². The van der Waals surface area contributed by atoms with Gasteiger partial charge in [0, 0.05) is 6.54 Å². The Balaban J connectivity index is 1.94. The molecule has 0 unspecified atom stereocenters. The van der Waals surface area contributed by atoms with Crippen LogP contribution in [0.25, 0.3) is 0 Å². The summed E-state index contributed by atoms with van der Waals surface area (Å²) in [6, 6.07) is 9.51. The maximum Gasteiger partial charge on any atom is 0.273 e. The molecule has 1 aromatic carbocycles. The molecule has 0 saturated heterocycles. The summed E-state index contributed by atoms with van der Waals surface area (Å²) in [5, 5.41) is 9.02. The number of nitrogens with one attached hydrogen (secondary N) is 1. The molecule has 20 heavy (non-hydrogen) atoms. The number of hydrogen-bond acceptors (Lipinski definition) is 5. The molecule has 4 N–H and O–H groups in total. The quantitative estimate of drug-likeness (QED) is 0.736. The first kappa shape index (κ1) is 14.6. The van der Waals surface area contributed by atoms with Gasteiger partial charge in [0.15, 0.2) is 0 Å². The average Bonchev–Trinajstić information content (AvgIpc) is 2.90.